The van der Waals surface area contributed by atoms with Gasteiger partial charge in [0, 0.05) is 27.7 Å². The molecule has 0 radical (unpaired) electrons. The molecule has 0 unspecified atom stereocenters. The average Bonchev–Trinajstić information content (AvgIpc) is 2.50. The first-order valence-electron chi connectivity index (χ1n) is 6.98. The fourth-order valence-corrected chi connectivity index (χ4v) is 1.52. The van der Waals surface area contributed by atoms with Gasteiger partial charge in [0.15, 0.2) is 5.96 Å². The Morgan fingerprint density at radius 2 is 1.95 bits per heavy atom. The predicted molar refractivity (Wildman–Crippen MR) is 84.1 cm³/mol. The third kappa shape index (κ3) is 7.03. The van der Waals surface area contributed by atoms with Crippen LogP contribution in [0.25, 0.3) is 0 Å². The Labute approximate surface area is 130 Å². The molecule has 0 saturated carbocycles. The van der Waals surface area contributed by atoms with Gasteiger partial charge in [-0.15, -0.1) is 0 Å². The number of guanidine groups is 1. The van der Waals surface area contributed by atoms with E-state index < -0.39 is 0 Å². The SMILES string of the molecule is COCCNC(=NCc1ccc(F)cc1)NCC(=O)N(C)C. The average molecular weight is 310 g/mol. The molecule has 0 heterocycles. The minimum atomic E-state index is -0.277. The molecule has 22 heavy (non-hydrogen) atoms. The summed E-state index contributed by atoms with van der Waals surface area (Å²) in [4.78, 5) is 17.5. The smallest absolute Gasteiger partial charge is 0.241 e. The van der Waals surface area contributed by atoms with Gasteiger partial charge in [-0.2, -0.15) is 0 Å². The van der Waals surface area contributed by atoms with Crippen molar-refractivity contribution in [3.8, 4) is 0 Å². The van der Waals surface area contributed by atoms with Gasteiger partial charge in [-0.3, -0.25) is 4.79 Å². The van der Waals surface area contributed by atoms with Gasteiger partial charge in [0.25, 0.3) is 0 Å². The quantitative estimate of drug-likeness (QED) is 0.440. The number of amides is 1. The van der Waals surface area contributed by atoms with Crippen LogP contribution < -0.4 is 10.6 Å². The van der Waals surface area contributed by atoms with E-state index in [2.05, 4.69) is 15.6 Å². The highest BCUT2D eigenvalue weighted by Crippen LogP contribution is 2.03. The van der Waals surface area contributed by atoms with Crippen LogP contribution in [-0.4, -0.2) is 57.7 Å². The molecule has 0 fully saturated rings. The second kappa shape index (κ2) is 9.73. The topological polar surface area (TPSA) is 66.0 Å². The summed E-state index contributed by atoms with van der Waals surface area (Å²) in [7, 11) is 5.00. The normalized spacial score (nSPS) is 11.2. The maximum atomic E-state index is 12.9. The minimum Gasteiger partial charge on any atom is -0.383 e. The molecule has 0 aliphatic heterocycles. The van der Waals surface area contributed by atoms with E-state index in [0.29, 0.717) is 25.7 Å². The maximum Gasteiger partial charge on any atom is 0.241 e. The summed E-state index contributed by atoms with van der Waals surface area (Å²) in [6.45, 7) is 1.63. The molecule has 0 saturated heterocycles. The Hall–Kier alpha value is -2.15. The van der Waals surface area contributed by atoms with Crippen molar-refractivity contribution < 1.29 is 13.9 Å². The van der Waals surface area contributed by atoms with Crippen molar-refractivity contribution in [3.63, 3.8) is 0 Å². The van der Waals surface area contributed by atoms with Gasteiger partial charge in [-0.1, -0.05) is 12.1 Å². The largest absolute Gasteiger partial charge is 0.383 e. The Bertz CT molecular complexity index is 489. The lowest BCUT2D eigenvalue weighted by Crippen LogP contribution is -2.43. The van der Waals surface area contributed by atoms with E-state index in [9.17, 15) is 9.18 Å². The van der Waals surface area contributed by atoms with Crippen molar-refractivity contribution in [1.82, 2.24) is 15.5 Å². The van der Waals surface area contributed by atoms with Gasteiger partial charge in [-0.25, -0.2) is 9.38 Å². The fourth-order valence-electron chi connectivity index (χ4n) is 1.52. The van der Waals surface area contributed by atoms with Crippen LogP contribution in [0.15, 0.2) is 29.3 Å². The van der Waals surface area contributed by atoms with Crippen molar-refractivity contribution in [2.45, 2.75) is 6.54 Å². The summed E-state index contributed by atoms with van der Waals surface area (Å²) < 4.78 is 17.8. The lowest BCUT2D eigenvalue weighted by atomic mass is 10.2. The zero-order chi connectivity index (χ0) is 16.4. The minimum absolute atomic E-state index is 0.0528. The summed E-state index contributed by atoms with van der Waals surface area (Å²) >= 11 is 0. The van der Waals surface area contributed by atoms with Gasteiger partial charge < -0.3 is 20.3 Å². The Morgan fingerprint density at radius 1 is 1.27 bits per heavy atom. The number of halogens is 1. The molecule has 1 amide bonds. The molecule has 0 aromatic heterocycles. The molecule has 0 bridgehead atoms. The monoisotopic (exact) mass is 310 g/mol. The van der Waals surface area contributed by atoms with Crippen LogP contribution in [0, 0.1) is 5.82 Å². The lowest BCUT2D eigenvalue weighted by molar-refractivity contribution is -0.127. The third-order valence-corrected chi connectivity index (χ3v) is 2.84. The van der Waals surface area contributed by atoms with Crippen molar-refractivity contribution in [2.24, 2.45) is 4.99 Å². The molecule has 1 aromatic rings. The van der Waals surface area contributed by atoms with Gasteiger partial charge >= 0.3 is 0 Å². The lowest BCUT2D eigenvalue weighted by Gasteiger charge is -2.14. The van der Waals surface area contributed by atoms with Crippen molar-refractivity contribution >= 4 is 11.9 Å². The summed E-state index contributed by atoms with van der Waals surface area (Å²) in [5.74, 6) is 0.181. The first kappa shape index (κ1) is 17.9. The van der Waals surface area contributed by atoms with Crippen LogP contribution >= 0.6 is 0 Å². The number of methoxy groups -OCH3 is 1. The standard InChI is InChI=1S/C15H23FN4O2/c1-20(2)14(21)11-19-15(17-8-9-22-3)18-10-12-4-6-13(16)7-5-12/h4-7H,8-11H2,1-3H3,(H2,17,18,19). The van der Waals surface area contributed by atoms with Crippen molar-refractivity contribution in [2.75, 3.05) is 40.9 Å². The number of nitrogens with zero attached hydrogens (tertiary/aromatic N) is 2. The number of hydrogen-bond donors (Lipinski definition) is 2. The number of hydrogen-bond acceptors (Lipinski definition) is 3. The molecule has 0 aliphatic carbocycles. The van der Waals surface area contributed by atoms with E-state index in [4.69, 9.17) is 4.74 Å². The molecule has 7 heteroatoms. The van der Waals surface area contributed by atoms with Gasteiger partial charge in [-0.05, 0) is 17.7 Å². The zero-order valence-corrected chi connectivity index (χ0v) is 13.2. The number of ether oxygens (including phenoxy) is 1. The van der Waals surface area contributed by atoms with Crippen LogP contribution in [0.1, 0.15) is 5.56 Å². The van der Waals surface area contributed by atoms with E-state index in [1.165, 1.54) is 17.0 Å². The zero-order valence-electron chi connectivity index (χ0n) is 13.2. The number of carbonyl (C=O) groups excluding carboxylic acids is 1. The highest BCUT2D eigenvalue weighted by molar-refractivity contribution is 5.86. The first-order chi connectivity index (χ1) is 10.5. The molecule has 0 spiro atoms. The Morgan fingerprint density at radius 3 is 2.55 bits per heavy atom. The summed E-state index contributed by atoms with van der Waals surface area (Å²) in [6, 6.07) is 6.14. The number of aliphatic imine (C=N–C) groups is 1. The molecule has 1 rings (SSSR count). The summed E-state index contributed by atoms with van der Waals surface area (Å²) in [6.07, 6.45) is 0. The van der Waals surface area contributed by atoms with Crippen molar-refractivity contribution in [1.29, 1.82) is 0 Å². The maximum absolute atomic E-state index is 12.9. The highest BCUT2D eigenvalue weighted by Gasteiger charge is 2.05. The van der Waals surface area contributed by atoms with Crippen LogP contribution in [0.2, 0.25) is 0 Å². The molecule has 1 aromatic carbocycles. The molecule has 0 aliphatic rings. The first-order valence-corrected chi connectivity index (χ1v) is 6.98. The second-order valence-corrected chi connectivity index (χ2v) is 4.85. The fraction of sp³-hybridized carbons (Fsp3) is 0.467. The van der Waals surface area contributed by atoms with E-state index in [0.717, 1.165) is 5.56 Å². The van der Waals surface area contributed by atoms with E-state index in [1.807, 2.05) is 0 Å². The number of nitrogens with one attached hydrogen (secondary N) is 2. The molecular formula is C15H23FN4O2. The van der Waals surface area contributed by atoms with Gasteiger partial charge in [0.2, 0.25) is 5.91 Å². The Kier molecular flexibility index (Phi) is 7.91. The van der Waals surface area contributed by atoms with Crippen LogP contribution in [-0.2, 0) is 16.1 Å². The molecular weight excluding hydrogens is 287 g/mol. The number of benzene rings is 1. The predicted octanol–water partition coefficient (Wildman–Crippen LogP) is 0.595. The Balaban J connectivity index is 2.60. The van der Waals surface area contributed by atoms with E-state index in [-0.39, 0.29) is 18.3 Å². The number of likely N-dealkylation sites (N-methyl/N-ethyl adjacent to an activating group) is 1. The van der Waals surface area contributed by atoms with E-state index in [1.54, 1.807) is 33.3 Å². The molecule has 2 N–H and O–H groups in total. The molecule has 122 valence electrons. The highest BCUT2D eigenvalue weighted by atomic mass is 19.1. The van der Waals surface area contributed by atoms with Crippen LogP contribution in [0.5, 0.6) is 0 Å². The summed E-state index contributed by atoms with van der Waals surface area (Å²) in [5.41, 5.74) is 0.883. The van der Waals surface area contributed by atoms with Crippen LogP contribution in [0.4, 0.5) is 4.39 Å². The van der Waals surface area contributed by atoms with Crippen molar-refractivity contribution in [3.05, 3.63) is 35.6 Å². The second-order valence-electron chi connectivity index (χ2n) is 4.85. The van der Waals surface area contributed by atoms with E-state index >= 15 is 0 Å². The number of carbonyl (C=O) groups is 1. The third-order valence-electron chi connectivity index (χ3n) is 2.84. The number of rotatable bonds is 7. The van der Waals surface area contributed by atoms with Gasteiger partial charge in [0.1, 0.15) is 5.82 Å². The summed E-state index contributed by atoms with van der Waals surface area (Å²) in [5, 5.41) is 6.03. The van der Waals surface area contributed by atoms with Crippen LogP contribution in [0.3, 0.4) is 0 Å². The van der Waals surface area contributed by atoms with Gasteiger partial charge in [0.05, 0.1) is 19.7 Å². The molecule has 0 atom stereocenters. The molecule has 6 nitrogen and oxygen atoms in total.